The van der Waals surface area contributed by atoms with Gasteiger partial charge in [-0.1, -0.05) is 19.1 Å². The number of nitrogens with zero attached hydrogens (tertiary/aromatic N) is 3. The third kappa shape index (κ3) is 6.99. The first-order chi connectivity index (χ1) is 13.4. The van der Waals surface area contributed by atoms with E-state index in [0.717, 1.165) is 56.4 Å². The number of nitrogens with one attached hydrogen (secondary N) is 2. The van der Waals surface area contributed by atoms with Gasteiger partial charge < -0.3 is 20.3 Å². The molecule has 2 unspecified atom stereocenters. The first-order valence-corrected chi connectivity index (χ1v) is 10.6. The molecule has 1 fully saturated rings. The Morgan fingerprint density at radius 3 is 2.54 bits per heavy atom. The van der Waals surface area contributed by atoms with Gasteiger partial charge in [-0.05, 0) is 45.9 Å². The van der Waals surface area contributed by atoms with Crippen molar-refractivity contribution in [2.24, 2.45) is 4.99 Å². The number of aryl methyl sites for hydroxylation is 1. The van der Waals surface area contributed by atoms with Gasteiger partial charge in [0.2, 0.25) is 0 Å². The summed E-state index contributed by atoms with van der Waals surface area (Å²) in [5.74, 6) is 1.79. The summed E-state index contributed by atoms with van der Waals surface area (Å²) in [5, 5.41) is 6.91. The van der Waals surface area contributed by atoms with Gasteiger partial charge in [-0.3, -0.25) is 9.89 Å². The lowest BCUT2D eigenvalue weighted by Gasteiger charge is -2.36. The van der Waals surface area contributed by atoms with Gasteiger partial charge in [0.15, 0.2) is 5.96 Å². The molecule has 0 amide bonds. The molecule has 6 nitrogen and oxygen atoms in total. The van der Waals surface area contributed by atoms with E-state index in [1.165, 1.54) is 5.56 Å². The van der Waals surface area contributed by atoms with Gasteiger partial charge in [0.25, 0.3) is 0 Å². The number of hydrogen-bond acceptors (Lipinski definition) is 4. The van der Waals surface area contributed by atoms with Crippen LogP contribution < -0.4 is 15.4 Å². The Hall–Kier alpha value is -1.79. The number of likely N-dealkylation sites (N-methyl/N-ethyl adjacent to an activating group) is 1. The lowest BCUT2D eigenvalue weighted by atomic mass is 10.1. The normalized spacial score (nSPS) is 18.6. The van der Waals surface area contributed by atoms with Crippen LogP contribution in [0.25, 0.3) is 0 Å². The summed E-state index contributed by atoms with van der Waals surface area (Å²) >= 11 is 0. The summed E-state index contributed by atoms with van der Waals surface area (Å²) < 4.78 is 6.12. The average Bonchev–Trinajstić information content (AvgIpc) is 2.69. The van der Waals surface area contributed by atoms with Gasteiger partial charge in [0, 0.05) is 57.9 Å². The van der Waals surface area contributed by atoms with Crippen molar-refractivity contribution in [3.63, 3.8) is 0 Å². The molecule has 28 heavy (non-hydrogen) atoms. The molecular formula is C22H39N5O. The fourth-order valence-electron chi connectivity index (χ4n) is 3.25. The van der Waals surface area contributed by atoms with Crippen LogP contribution in [0.4, 0.5) is 0 Å². The number of aliphatic imine (C=N–C) groups is 1. The summed E-state index contributed by atoms with van der Waals surface area (Å²) in [6, 6.07) is 6.87. The Morgan fingerprint density at radius 1 is 1.18 bits per heavy atom. The van der Waals surface area contributed by atoms with Crippen molar-refractivity contribution >= 4 is 5.96 Å². The summed E-state index contributed by atoms with van der Waals surface area (Å²) in [6.45, 7) is 14.8. The van der Waals surface area contributed by atoms with Gasteiger partial charge in [0.1, 0.15) is 5.75 Å². The molecule has 0 aliphatic carbocycles. The SMILES string of the molecule is CCC(C)Oc1cc(C)ccc1CNC(=NC)NCC(C)N1CCN(C)CC1. The summed E-state index contributed by atoms with van der Waals surface area (Å²) in [7, 11) is 4.01. The van der Waals surface area contributed by atoms with Crippen LogP contribution in [0, 0.1) is 6.92 Å². The number of rotatable bonds is 8. The summed E-state index contributed by atoms with van der Waals surface area (Å²) in [5.41, 5.74) is 2.37. The van der Waals surface area contributed by atoms with E-state index in [9.17, 15) is 0 Å². The monoisotopic (exact) mass is 389 g/mol. The van der Waals surface area contributed by atoms with Gasteiger partial charge in [0.05, 0.1) is 6.10 Å². The van der Waals surface area contributed by atoms with Crippen molar-refractivity contribution in [2.75, 3.05) is 46.8 Å². The standard InChI is InChI=1S/C22H39N5O/c1-7-19(4)28-21-14-17(2)8-9-20(21)16-25-22(23-5)24-15-18(3)27-12-10-26(6)11-13-27/h8-9,14,18-19H,7,10-13,15-16H2,1-6H3,(H2,23,24,25). The first-order valence-electron chi connectivity index (χ1n) is 10.6. The molecule has 2 atom stereocenters. The zero-order valence-corrected chi connectivity index (χ0v) is 18.6. The Labute approximate surface area is 171 Å². The third-order valence-corrected chi connectivity index (χ3v) is 5.52. The number of ether oxygens (including phenoxy) is 1. The lowest BCUT2D eigenvalue weighted by Crippen LogP contribution is -2.52. The highest BCUT2D eigenvalue weighted by Crippen LogP contribution is 2.22. The predicted molar refractivity (Wildman–Crippen MR) is 118 cm³/mol. The molecule has 0 saturated carbocycles. The average molecular weight is 390 g/mol. The maximum absolute atomic E-state index is 6.12. The molecule has 1 heterocycles. The molecule has 1 aromatic carbocycles. The second-order valence-corrected chi connectivity index (χ2v) is 7.94. The second kappa shape index (κ2) is 11.3. The molecule has 1 aliphatic heterocycles. The number of guanidine groups is 1. The molecule has 0 radical (unpaired) electrons. The minimum atomic E-state index is 0.211. The van der Waals surface area contributed by atoms with Gasteiger partial charge >= 0.3 is 0 Å². The molecule has 0 spiro atoms. The van der Waals surface area contributed by atoms with E-state index < -0.39 is 0 Å². The zero-order valence-electron chi connectivity index (χ0n) is 18.6. The van der Waals surface area contributed by atoms with Gasteiger partial charge in [-0.2, -0.15) is 0 Å². The number of hydrogen-bond donors (Lipinski definition) is 2. The second-order valence-electron chi connectivity index (χ2n) is 7.94. The number of benzene rings is 1. The minimum absolute atomic E-state index is 0.211. The minimum Gasteiger partial charge on any atom is -0.490 e. The van der Waals surface area contributed by atoms with Crippen LogP contribution in [0.3, 0.4) is 0 Å². The Morgan fingerprint density at radius 2 is 1.89 bits per heavy atom. The molecule has 1 aliphatic rings. The van der Waals surface area contributed by atoms with E-state index in [1.54, 1.807) is 0 Å². The van der Waals surface area contributed by atoms with Crippen LogP contribution in [0.1, 0.15) is 38.3 Å². The van der Waals surface area contributed by atoms with Crippen LogP contribution in [0.15, 0.2) is 23.2 Å². The van der Waals surface area contributed by atoms with Crippen molar-refractivity contribution in [3.05, 3.63) is 29.3 Å². The van der Waals surface area contributed by atoms with Crippen molar-refractivity contribution < 1.29 is 4.74 Å². The molecule has 0 aromatic heterocycles. The Balaban J connectivity index is 1.86. The van der Waals surface area contributed by atoms with Crippen LogP contribution in [-0.4, -0.2) is 74.7 Å². The number of piperazine rings is 1. The molecule has 0 bridgehead atoms. The Bertz CT molecular complexity index is 625. The molecule has 158 valence electrons. The van der Waals surface area contributed by atoms with Crippen molar-refractivity contribution in [2.45, 2.75) is 52.8 Å². The van der Waals surface area contributed by atoms with Crippen molar-refractivity contribution in [1.29, 1.82) is 0 Å². The molecular weight excluding hydrogens is 350 g/mol. The van der Waals surface area contributed by atoms with Gasteiger partial charge in [-0.15, -0.1) is 0 Å². The molecule has 1 saturated heterocycles. The lowest BCUT2D eigenvalue weighted by molar-refractivity contribution is 0.120. The highest BCUT2D eigenvalue weighted by atomic mass is 16.5. The maximum Gasteiger partial charge on any atom is 0.191 e. The molecule has 2 N–H and O–H groups in total. The van der Waals surface area contributed by atoms with Crippen LogP contribution >= 0.6 is 0 Å². The highest BCUT2D eigenvalue weighted by Gasteiger charge is 2.19. The summed E-state index contributed by atoms with van der Waals surface area (Å²) in [6.07, 6.45) is 1.20. The van der Waals surface area contributed by atoms with E-state index in [2.05, 4.69) is 78.4 Å². The maximum atomic E-state index is 6.12. The Kier molecular flexibility index (Phi) is 9.06. The van der Waals surface area contributed by atoms with Crippen LogP contribution in [-0.2, 0) is 6.54 Å². The van der Waals surface area contributed by atoms with E-state index >= 15 is 0 Å². The first kappa shape index (κ1) is 22.5. The fourth-order valence-corrected chi connectivity index (χ4v) is 3.25. The molecule has 1 aromatic rings. The van der Waals surface area contributed by atoms with Crippen LogP contribution in [0.5, 0.6) is 5.75 Å². The third-order valence-electron chi connectivity index (χ3n) is 5.52. The van der Waals surface area contributed by atoms with E-state index in [-0.39, 0.29) is 6.10 Å². The van der Waals surface area contributed by atoms with Crippen molar-refractivity contribution in [3.8, 4) is 5.75 Å². The largest absolute Gasteiger partial charge is 0.490 e. The summed E-state index contributed by atoms with van der Waals surface area (Å²) in [4.78, 5) is 9.31. The highest BCUT2D eigenvalue weighted by molar-refractivity contribution is 5.79. The quantitative estimate of drug-likeness (QED) is 0.528. The van der Waals surface area contributed by atoms with Crippen LogP contribution in [0.2, 0.25) is 0 Å². The van der Waals surface area contributed by atoms with E-state index in [4.69, 9.17) is 4.74 Å². The predicted octanol–water partition coefficient (Wildman–Crippen LogP) is 2.47. The zero-order chi connectivity index (χ0) is 20.5. The fraction of sp³-hybridized carbons (Fsp3) is 0.682. The van der Waals surface area contributed by atoms with E-state index in [1.807, 2.05) is 7.05 Å². The smallest absolute Gasteiger partial charge is 0.191 e. The topological polar surface area (TPSA) is 52.1 Å². The van der Waals surface area contributed by atoms with Gasteiger partial charge in [-0.25, -0.2) is 0 Å². The van der Waals surface area contributed by atoms with Crippen molar-refractivity contribution in [1.82, 2.24) is 20.4 Å². The molecule has 6 heteroatoms. The molecule has 2 rings (SSSR count). The van der Waals surface area contributed by atoms with E-state index in [0.29, 0.717) is 12.6 Å².